The van der Waals surface area contributed by atoms with Gasteiger partial charge in [0.1, 0.15) is 0 Å². The van der Waals surface area contributed by atoms with Crippen molar-refractivity contribution in [3.05, 3.63) is 34.5 Å². The topological polar surface area (TPSA) is 44.2 Å². The van der Waals surface area contributed by atoms with Gasteiger partial charge in [0.2, 0.25) is 0 Å². The molecule has 1 aromatic heterocycles. The van der Waals surface area contributed by atoms with Crippen LogP contribution in [0.1, 0.15) is 25.0 Å². The summed E-state index contributed by atoms with van der Waals surface area (Å²) in [6, 6.07) is 5.78. The van der Waals surface area contributed by atoms with Crippen molar-refractivity contribution < 1.29 is 9.47 Å². The van der Waals surface area contributed by atoms with Crippen LogP contribution < -0.4 is 9.47 Å². The molecule has 0 bridgehead atoms. The zero-order valence-corrected chi connectivity index (χ0v) is 13.5. The third-order valence-corrected chi connectivity index (χ3v) is 3.64. The van der Waals surface area contributed by atoms with Gasteiger partial charge in [-0.1, -0.05) is 11.6 Å². The lowest BCUT2D eigenvalue weighted by molar-refractivity contribution is 0.288. The largest absolute Gasteiger partial charge is 0.490 e. The fourth-order valence-electron chi connectivity index (χ4n) is 2.05. The lowest BCUT2D eigenvalue weighted by Gasteiger charge is -2.13. The van der Waals surface area contributed by atoms with E-state index in [1.54, 1.807) is 0 Å². The molecule has 0 atom stereocenters. The van der Waals surface area contributed by atoms with Crippen molar-refractivity contribution in [1.29, 1.82) is 0 Å². The molecule has 0 fully saturated rings. The van der Waals surface area contributed by atoms with Gasteiger partial charge < -0.3 is 9.47 Å². The molecule has 1 aromatic carbocycles. The maximum absolute atomic E-state index is 6.00. The van der Waals surface area contributed by atoms with Crippen LogP contribution in [0.5, 0.6) is 11.5 Å². The molecule has 21 heavy (non-hydrogen) atoms. The number of nitrogens with zero attached hydrogens (tertiary/aromatic N) is 2. The summed E-state index contributed by atoms with van der Waals surface area (Å²) in [5, 5.41) is 8.64. The van der Waals surface area contributed by atoms with Gasteiger partial charge >= 0.3 is 0 Å². The molecule has 0 saturated carbocycles. The Hall–Kier alpha value is -1.81. The van der Waals surface area contributed by atoms with Gasteiger partial charge in [-0.3, -0.25) is 0 Å². The first-order valence-electron chi connectivity index (χ1n) is 6.97. The molecule has 0 radical (unpaired) electrons. The Balaban J connectivity index is 2.50. The summed E-state index contributed by atoms with van der Waals surface area (Å²) in [6.45, 7) is 8.99. The van der Waals surface area contributed by atoms with Gasteiger partial charge in [0, 0.05) is 5.56 Å². The summed E-state index contributed by atoms with van der Waals surface area (Å²) in [5.41, 5.74) is 3.70. The van der Waals surface area contributed by atoms with E-state index in [0.29, 0.717) is 24.1 Å². The minimum Gasteiger partial charge on any atom is -0.490 e. The number of benzene rings is 1. The van der Waals surface area contributed by atoms with Gasteiger partial charge in [-0.2, -0.15) is 0 Å². The number of halogens is 1. The number of rotatable bonds is 5. The Bertz CT molecular complexity index is 644. The highest BCUT2D eigenvalue weighted by Crippen LogP contribution is 2.34. The molecule has 0 unspecified atom stereocenters. The maximum Gasteiger partial charge on any atom is 0.161 e. The van der Waals surface area contributed by atoms with E-state index in [9.17, 15) is 0 Å². The van der Waals surface area contributed by atoms with Crippen LogP contribution in [0.4, 0.5) is 0 Å². The summed E-state index contributed by atoms with van der Waals surface area (Å²) in [5.74, 6) is 1.45. The molecule has 0 spiro atoms. The first-order chi connectivity index (χ1) is 10.1. The highest BCUT2D eigenvalue weighted by atomic mass is 35.5. The molecule has 112 valence electrons. The summed E-state index contributed by atoms with van der Waals surface area (Å²) < 4.78 is 11.2. The van der Waals surface area contributed by atoms with Crippen LogP contribution in [0.2, 0.25) is 5.15 Å². The van der Waals surface area contributed by atoms with Gasteiger partial charge in [-0.05, 0) is 57.0 Å². The second-order valence-electron chi connectivity index (χ2n) is 4.62. The van der Waals surface area contributed by atoms with Crippen molar-refractivity contribution in [3.63, 3.8) is 0 Å². The number of aromatic nitrogens is 2. The van der Waals surface area contributed by atoms with E-state index in [2.05, 4.69) is 10.2 Å². The second kappa shape index (κ2) is 6.76. The smallest absolute Gasteiger partial charge is 0.161 e. The average molecular weight is 307 g/mol. The predicted octanol–water partition coefficient (Wildman–Crippen LogP) is 4.21. The van der Waals surface area contributed by atoms with E-state index in [-0.39, 0.29) is 0 Å². The molecule has 0 aliphatic carbocycles. The molecule has 2 rings (SSSR count). The fraction of sp³-hybridized carbons (Fsp3) is 0.375. The first kappa shape index (κ1) is 15.6. The minimum absolute atomic E-state index is 0.437. The summed E-state index contributed by atoms with van der Waals surface area (Å²) >= 11 is 6.00. The zero-order chi connectivity index (χ0) is 15.4. The van der Waals surface area contributed by atoms with Gasteiger partial charge in [0.25, 0.3) is 0 Å². The van der Waals surface area contributed by atoms with Crippen molar-refractivity contribution in [2.75, 3.05) is 13.2 Å². The number of ether oxygens (including phenoxy) is 2. The average Bonchev–Trinajstić information content (AvgIpc) is 2.47. The van der Waals surface area contributed by atoms with E-state index < -0.39 is 0 Å². The molecule has 2 aromatic rings. The normalized spacial score (nSPS) is 10.5. The van der Waals surface area contributed by atoms with Crippen molar-refractivity contribution in [3.8, 4) is 22.8 Å². The summed E-state index contributed by atoms with van der Waals surface area (Å²) in [4.78, 5) is 0. The Kier molecular flexibility index (Phi) is 5.02. The highest BCUT2D eigenvalue weighted by molar-refractivity contribution is 6.30. The first-order valence-corrected chi connectivity index (χ1v) is 7.35. The lowest BCUT2D eigenvalue weighted by Crippen LogP contribution is -2.00. The molecule has 0 saturated heterocycles. The monoisotopic (exact) mass is 306 g/mol. The number of hydrogen-bond donors (Lipinski definition) is 0. The third kappa shape index (κ3) is 3.27. The molecular weight excluding hydrogens is 288 g/mol. The standard InChI is InChI=1S/C16H19ClN2O2/c1-5-20-13-8-7-12(9-14(13)21-6-2)15-10(3)11(4)16(17)19-18-15/h7-9H,5-6H2,1-4H3. The maximum atomic E-state index is 6.00. The molecule has 0 aliphatic rings. The molecular formula is C16H19ClN2O2. The SMILES string of the molecule is CCOc1ccc(-c2nnc(Cl)c(C)c2C)cc1OCC. The molecule has 0 aliphatic heterocycles. The van der Waals surface area contributed by atoms with Crippen molar-refractivity contribution in [2.45, 2.75) is 27.7 Å². The molecule has 5 heteroatoms. The minimum atomic E-state index is 0.437. The zero-order valence-electron chi connectivity index (χ0n) is 12.7. The predicted molar refractivity (Wildman–Crippen MR) is 84.3 cm³/mol. The van der Waals surface area contributed by atoms with Crippen LogP contribution in [0.15, 0.2) is 18.2 Å². The highest BCUT2D eigenvalue weighted by Gasteiger charge is 2.13. The third-order valence-electron chi connectivity index (χ3n) is 3.28. The van der Waals surface area contributed by atoms with Crippen LogP contribution in [0.3, 0.4) is 0 Å². The van der Waals surface area contributed by atoms with Gasteiger partial charge in [0.15, 0.2) is 16.7 Å². The van der Waals surface area contributed by atoms with Crippen LogP contribution in [-0.2, 0) is 0 Å². The Morgan fingerprint density at radius 2 is 1.62 bits per heavy atom. The van der Waals surface area contributed by atoms with Gasteiger partial charge in [-0.15, -0.1) is 10.2 Å². The Morgan fingerprint density at radius 1 is 0.952 bits per heavy atom. The van der Waals surface area contributed by atoms with Gasteiger partial charge in [-0.25, -0.2) is 0 Å². The lowest BCUT2D eigenvalue weighted by atomic mass is 10.0. The van der Waals surface area contributed by atoms with Crippen LogP contribution in [0.25, 0.3) is 11.3 Å². The van der Waals surface area contributed by atoms with Crippen LogP contribution in [0, 0.1) is 13.8 Å². The molecule has 1 heterocycles. The Labute approximate surface area is 130 Å². The number of hydrogen-bond acceptors (Lipinski definition) is 4. The van der Waals surface area contributed by atoms with Crippen LogP contribution >= 0.6 is 11.6 Å². The Morgan fingerprint density at radius 3 is 2.29 bits per heavy atom. The quantitative estimate of drug-likeness (QED) is 0.830. The van der Waals surface area contributed by atoms with Crippen molar-refractivity contribution in [1.82, 2.24) is 10.2 Å². The van der Waals surface area contributed by atoms with E-state index >= 15 is 0 Å². The molecule has 4 nitrogen and oxygen atoms in total. The van der Waals surface area contributed by atoms with Crippen LogP contribution in [-0.4, -0.2) is 23.4 Å². The summed E-state index contributed by atoms with van der Waals surface area (Å²) in [7, 11) is 0. The second-order valence-corrected chi connectivity index (χ2v) is 4.97. The van der Waals surface area contributed by atoms with E-state index in [4.69, 9.17) is 21.1 Å². The van der Waals surface area contributed by atoms with E-state index in [1.165, 1.54) is 0 Å². The van der Waals surface area contributed by atoms with Crippen molar-refractivity contribution >= 4 is 11.6 Å². The van der Waals surface area contributed by atoms with Crippen molar-refractivity contribution in [2.24, 2.45) is 0 Å². The summed E-state index contributed by atoms with van der Waals surface area (Å²) in [6.07, 6.45) is 0. The molecule has 0 amide bonds. The molecule has 0 N–H and O–H groups in total. The van der Waals surface area contributed by atoms with E-state index in [0.717, 1.165) is 28.1 Å². The fourth-order valence-corrected chi connectivity index (χ4v) is 2.23. The van der Waals surface area contributed by atoms with E-state index in [1.807, 2.05) is 45.9 Å². The van der Waals surface area contributed by atoms with Gasteiger partial charge in [0.05, 0.1) is 18.9 Å².